The normalized spacial score (nSPS) is 21.3. The summed E-state index contributed by atoms with van der Waals surface area (Å²) >= 11 is 7.08. The summed E-state index contributed by atoms with van der Waals surface area (Å²) in [4.78, 5) is 16.0. The Kier molecular flexibility index (Phi) is 4.33. The number of nitrogens with zero attached hydrogens (tertiary/aromatic N) is 1. The number of carbonyl (C=O) groups excluding carboxylic acids is 1. The molecule has 1 aromatic rings. The van der Waals surface area contributed by atoms with Crippen LogP contribution in [0.2, 0.25) is 0 Å². The summed E-state index contributed by atoms with van der Waals surface area (Å²) in [5.41, 5.74) is 0.523. The fourth-order valence-electron chi connectivity index (χ4n) is 2.52. The molecule has 0 bridgehead atoms. The van der Waals surface area contributed by atoms with Gasteiger partial charge in [0.05, 0.1) is 5.88 Å². The zero-order valence-electron chi connectivity index (χ0n) is 11.7. The molecule has 0 amide bonds. The van der Waals surface area contributed by atoms with Gasteiger partial charge in [0, 0.05) is 12.5 Å². The summed E-state index contributed by atoms with van der Waals surface area (Å²) in [6, 6.07) is 0. The van der Waals surface area contributed by atoms with Crippen LogP contribution in [0.4, 0.5) is 0 Å². The number of Topliss-reactive ketones (excluding diaryl/α,β-unsaturated/α-hetero) is 1. The molecule has 1 saturated carbocycles. The fourth-order valence-corrected chi connectivity index (χ4v) is 3.71. The largest absolute Gasteiger partial charge is 0.371 e. The molecule has 0 radical (unpaired) electrons. The predicted molar refractivity (Wildman–Crippen MR) is 78.1 cm³/mol. The number of ketones is 1. The van der Waals surface area contributed by atoms with Crippen LogP contribution in [0.1, 0.15) is 55.0 Å². The van der Waals surface area contributed by atoms with E-state index >= 15 is 0 Å². The summed E-state index contributed by atoms with van der Waals surface area (Å²) in [6.45, 7) is 4.58. The van der Waals surface area contributed by atoms with Gasteiger partial charge in [-0.1, -0.05) is 13.8 Å². The maximum absolute atomic E-state index is 11.6. The van der Waals surface area contributed by atoms with E-state index in [9.17, 15) is 4.79 Å². The number of carbonyl (C=O) groups is 1. The molecule has 0 spiro atoms. The Morgan fingerprint density at radius 2 is 2.05 bits per heavy atom. The standard InChI is InChI=1S/C14H20ClNO2S/c1-13(2)4-6-14(18-3,7-5-13)12-16-10(9-19-12)11(17)8-15/h9H,4-8H2,1-3H3. The van der Waals surface area contributed by atoms with Crippen molar-refractivity contribution < 1.29 is 9.53 Å². The van der Waals surface area contributed by atoms with Crippen LogP contribution in [0.25, 0.3) is 0 Å². The van der Waals surface area contributed by atoms with Crippen LogP contribution in [-0.4, -0.2) is 23.8 Å². The van der Waals surface area contributed by atoms with Gasteiger partial charge in [-0.15, -0.1) is 22.9 Å². The number of hydrogen-bond acceptors (Lipinski definition) is 4. The smallest absolute Gasteiger partial charge is 0.196 e. The molecule has 1 fully saturated rings. The molecule has 1 aromatic heterocycles. The summed E-state index contributed by atoms with van der Waals surface area (Å²) in [6.07, 6.45) is 4.13. The van der Waals surface area contributed by atoms with Crippen molar-refractivity contribution >= 4 is 28.7 Å². The van der Waals surface area contributed by atoms with Crippen LogP contribution < -0.4 is 0 Å². The molecule has 1 heterocycles. The molecule has 0 aliphatic heterocycles. The zero-order chi connectivity index (χ0) is 14.1. The molecule has 0 atom stereocenters. The van der Waals surface area contributed by atoms with Crippen molar-refractivity contribution in [2.75, 3.05) is 13.0 Å². The van der Waals surface area contributed by atoms with Gasteiger partial charge in [-0.2, -0.15) is 0 Å². The summed E-state index contributed by atoms with van der Waals surface area (Å²) < 4.78 is 5.79. The van der Waals surface area contributed by atoms with E-state index in [1.54, 1.807) is 12.5 Å². The van der Waals surface area contributed by atoms with Crippen molar-refractivity contribution in [2.45, 2.75) is 45.1 Å². The molecule has 19 heavy (non-hydrogen) atoms. The van der Waals surface area contributed by atoms with E-state index in [4.69, 9.17) is 16.3 Å². The van der Waals surface area contributed by atoms with Crippen LogP contribution >= 0.6 is 22.9 Å². The van der Waals surface area contributed by atoms with E-state index < -0.39 is 0 Å². The lowest BCUT2D eigenvalue weighted by molar-refractivity contribution is -0.0667. The topological polar surface area (TPSA) is 39.2 Å². The first-order chi connectivity index (χ1) is 8.92. The second kappa shape index (κ2) is 5.51. The summed E-state index contributed by atoms with van der Waals surface area (Å²) in [7, 11) is 1.74. The lowest BCUT2D eigenvalue weighted by Crippen LogP contribution is -2.36. The molecule has 5 heteroatoms. The number of methoxy groups -OCH3 is 1. The first-order valence-electron chi connectivity index (χ1n) is 6.53. The highest BCUT2D eigenvalue weighted by molar-refractivity contribution is 7.10. The van der Waals surface area contributed by atoms with Crippen molar-refractivity contribution in [3.8, 4) is 0 Å². The summed E-state index contributed by atoms with van der Waals surface area (Å²) in [5.74, 6) is -0.137. The maximum Gasteiger partial charge on any atom is 0.196 e. The highest BCUT2D eigenvalue weighted by Gasteiger charge is 2.42. The number of aromatic nitrogens is 1. The number of alkyl halides is 1. The minimum absolute atomic E-state index is 0.0177. The van der Waals surface area contributed by atoms with Crippen molar-refractivity contribution in [2.24, 2.45) is 5.41 Å². The van der Waals surface area contributed by atoms with Crippen LogP contribution in [0, 0.1) is 5.41 Å². The van der Waals surface area contributed by atoms with Crippen LogP contribution in [0.5, 0.6) is 0 Å². The third kappa shape index (κ3) is 3.01. The molecule has 0 saturated heterocycles. The number of rotatable bonds is 4. The quantitative estimate of drug-likeness (QED) is 0.623. The molecular weight excluding hydrogens is 282 g/mol. The van der Waals surface area contributed by atoms with Crippen LogP contribution in [0.15, 0.2) is 5.38 Å². The van der Waals surface area contributed by atoms with Crippen molar-refractivity contribution in [1.29, 1.82) is 0 Å². The van der Waals surface area contributed by atoms with Gasteiger partial charge in [0.1, 0.15) is 16.3 Å². The van der Waals surface area contributed by atoms with E-state index in [2.05, 4.69) is 18.8 Å². The first-order valence-corrected chi connectivity index (χ1v) is 7.94. The van der Waals surface area contributed by atoms with Gasteiger partial charge in [0.15, 0.2) is 5.78 Å². The van der Waals surface area contributed by atoms with Crippen LogP contribution in [-0.2, 0) is 10.3 Å². The Morgan fingerprint density at radius 1 is 1.42 bits per heavy atom. The van der Waals surface area contributed by atoms with Gasteiger partial charge in [-0.05, 0) is 31.1 Å². The van der Waals surface area contributed by atoms with E-state index in [1.807, 2.05) is 0 Å². The van der Waals surface area contributed by atoms with Crippen LogP contribution in [0.3, 0.4) is 0 Å². The van der Waals surface area contributed by atoms with E-state index in [0.29, 0.717) is 11.1 Å². The fraction of sp³-hybridized carbons (Fsp3) is 0.714. The highest BCUT2D eigenvalue weighted by atomic mass is 35.5. The molecule has 2 rings (SSSR count). The Labute approximate surface area is 123 Å². The van der Waals surface area contributed by atoms with Crippen molar-refractivity contribution in [1.82, 2.24) is 4.98 Å². The molecule has 0 unspecified atom stereocenters. The monoisotopic (exact) mass is 301 g/mol. The van der Waals surface area contributed by atoms with E-state index in [-0.39, 0.29) is 17.3 Å². The first kappa shape index (κ1) is 14.9. The molecule has 1 aliphatic carbocycles. The molecule has 106 valence electrons. The number of hydrogen-bond donors (Lipinski definition) is 0. The Bertz CT molecular complexity index is 460. The highest BCUT2D eigenvalue weighted by Crippen LogP contribution is 2.47. The predicted octanol–water partition coefficient (Wildman–Crippen LogP) is 4.01. The van der Waals surface area contributed by atoms with E-state index in [1.165, 1.54) is 11.3 Å². The Morgan fingerprint density at radius 3 is 2.58 bits per heavy atom. The number of thiazole rings is 1. The second-order valence-corrected chi connectivity index (χ2v) is 7.08. The minimum Gasteiger partial charge on any atom is -0.371 e. The number of ether oxygens (including phenoxy) is 1. The number of halogens is 1. The summed E-state index contributed by atoms with van der Waals surface area (Å²) in [5, 5.41) is 2.71. The van der Waals surface area contributed by atoms with E-state index in [0.717, 1.165) is 30.7 Å². The zero-order valence-corrected chi connectivity index (χ0v) is 13.2. The average Bonchev–Trinajstić information content (AvgIpc) is 2.89. The molecule has 3 nitrogen and oxygen atoms in total. The van der Waals surface area contributed by atoms with Gasteiger partial charge in [-0.3, -0.25) is 4.79 Å². The van der Waals surface area contributed by atoms with Gasteiger partial charge in [0.25, 0.3) is 0 Å². The van der Waals surface area contributed by atoms with Gasteiger partial charge < -0.3 is 4.74 Å². The third-order valence-electron chi connectivity index (χ3n) is 4.10. The molecule has 0 N–H and O–H groups in total. The Hall–Kier alpha value is -0.450. The van der Waals surface area contributed by atoms with Crippen molar-refractivity contribution in [3.05, 3.63) is 16.1 Å². The SMILES string of the molecule is COC1(c2nc(C(=O)CCl)cs2)CCC(C)(C)CC1. The molecule has 0 aromatic carbocycles. The third-order valence-corrected chi connectivity index (χ3v) is 5.37. The van der Waals surface area contributed by atoms with Gasteiger partial charge in [0.2, 0.25) is 0 Å². The minimum atomic E-state index is -0.314. The molecule has 1 aliphatic rings. The lowest BCUT2D eigenvalue weighted by Gasteiger charge is -2.41. The second-order valence-electron chi connectivity index (χ2n) is 5.96. The van der Waals surface area contributed by atoms with Gasteiger partial charge in [-0.25, -0.2) is 4.98 Å². The lowest BCUT2D eigenvalue weighted by atomic mass is 9.71. The Balaban J connectivity index is 2.23. The van der Waals surface area contributed by atoms with Gasteiger partial charge >= 0.3 is 0 Å². The maximum atomic E-state index is 11.6. The van der Waals surface area contributed by atoms with Crippen molar-refractivity contribution in [3.63, 3.8) is 0 Å². The average molecular weight is 302 g/mol. The molecular formula is C14H20ClNO2S.